The average Bonchev–Trinajstić information content (AvgIpc) is 2.74. The lowest BCUT2D eigenvalue weighted by Crippen LogP contribution is -2.46. The second-order valence-corrected chi connectivity index (χ2v) is 6.45. The highest BCUT2D eigenvalue weighted by atomic mass is 19.1. The normalized spacial score (nSPS) is 12.4. The van der Waals surface area contributed by atoms with Gasteiger partial charge in [0.15, 0.2) is 0 Å². The summed E-state index contributed by atoms with van der Waals surface area (Å²) in [5.74, 6) is -8.76. The first-order valence-electron chi connectivity index (χ1n) is 8.93. The molecule has 0 aliphatic rings. The number of nitrogens with zero attached hydrogens (tertiary/aromatic N) is 1. The van der Waals surface area contributed by atoms with Crippen molar-refractivity contribution in [3.8, 4) is 0 Å². The van der Waals surface area contributed by atoms with Crippen molar-refractivity contribution in [3.05, 3.63) is 75.1 Å². The fourth-order valence-corrected chi connectivity index (χ4v) is 2.96. The Bertz CT molecular complexity index is 1020. The number of methoxy groups -OCH3 is 2. The number of nitro benzene ring substituents is 1. The second-order valence-electron chi connectivity index (χ2n) is 6.45. The minimum absolute atomic E-state index is 0.191. The van der Waals surface area contributed by atoms with E-state index < -0.39 is 64.2 Å². The Morgan fingerprint density at radius 3 is 2.06 bits per heavy atom. The maximum atomic E-state index is 14.0. The molecule has 2 aromatic carbocycles. The maximum Gasteiger partial charge on any atom is 0.329 e. The standard InChI is InChI=1S/C20H17F3N2O7/c1-31-16(26)9-13(10-3-5-12(6-4-10)25(29)30)18(20(28)32-2)24-19(27)17-14(22)7-11(21)8-15(17)23/h3-8,13,18H,9H2,1-2H3,(H,24,27)/t13-,18+/m1/s1. The van der Waals surface area contributed by atoms with Gasteiger partial charge in [0.05, 0.1) is 25.6 Å². The third-order valence-corrected chi connectivity index (χ3v) is 4.52. The molecule has 0 aliphatic carbocycles. The number of carbonyl (C=O) groups excluding carboxylic acids is 3. The third kappa shape index (κ3) is 5.59. The summed E-state index contributed by atoms with van der Waals surface area (Å²) in [4.78, 5) is 47.1. The predicted octanol–water partition coefficient (Wildman–Crippen LogP) is 2.63. The van der Waals surface area contributed by atoms with Crippen molar-refractivity contribution in [3.63, 3.8) is 0 Å². The smallest absolute Gasteiger partial charge is 0.329 e. The lowest BCUT2D eigenvalue weighted by molar-refractivity contribution is -0.384. The van der Waals surface area contributed by atoms with Crippen LogP contribution in [0.4, 0.5) is 18.9 Å². The Kier molecular flexibility index (Phi) is 7.88. The SMILES string of the molecule is COC(=O)C[C@H](c1ccc([N+](=O)[O-])cc1)[C@H](NC(=O)c1c(F)cc(F)cc1F)C(=O)OC. The number of esters is 2. The van der Waals surface area contributed by atoms with Crippen molar-refractivity contribution >= 4 is 23.5 Å². The number of carbonyl (C=O) groups is 3. The van der Waals surface area contributed by atoms with Crippen LogP contribution in [-0.4, -0.2) is 43.0 Å². The number of nitro groups is 1. The number of halogens is 3. The first kappa shape index (κ1) is 24.3. The summed E-state index contributed by atoms with van der Waals surface area (Å²) >= 11 is 0. The van der Waals surface area contributed by atoms with Gasteiger partial charge in [0.2, 0.25) is 0 Å². The Morgan fingerprint density at radius 1 is 1.03 bits per heavy atom. The molecular formula is C20H17F3N2O7. The molecule has 2 atom stereocenters. The fraction of sp³-hybridized carbons (Fsp3) is 0.250. The van der Waals surface area contributed by atoms with Gasteiger partial charge in [0.1, 0.15) is 29.1 Å². The van der Waals surface area contributed by atoms with Gasteiger partial charge in [0.25, 0.3) is 11.6 Å². The van der Waals surface area contributed by atoms with Gasteiger partial charge in [-0.2, -0.15) is 0 Å². The molecule has 0 bridgehead atoms. The number of amides is 1. The molecule has 2 rings (SSSR count). The Hall–Kier alpha value is -3.96. The van der Waals surface area contributed by atoms with Gasteiger partial charge in [-0.3, -0.25) is 19.7 Å². The highest BCUT2D eigenvalue weighted by molar-refractivity contribution is 5.97. The van der Waals surface area contributed by atoms with Crippen LogP contribution in [0.5, 0.6) is 0 Å². The molecule has 1 N–H and O–H groups in total. The number of nitrogens with one attached hydrogen (secondary N) is 1. The summed E-state index contributed by atoms with van der Waals surface area (Å²) in [5, 5.41) is 13.0. The van der Waals surface area contributed by atoms with E-state index in [0.29, 0.717) is 0 Å². The van der Waals surface area contributed by atoms with E-state index in [1.807, 2.05) is 0 Å². The molecule has 2 aromatic rings. The lowest BCUT2D eigenvalue weighted by Gasteiger charge is -2.26. The van der Waals surface area contributed by atoms with E-state index in [4.69, 9.17) is 0 Å². The van der Waals surface area contributed by atoms with Gasteiger partial charge in [0, 0.05) is 30.2 Å². The van der Waals surface area contributed by atoms with Crippen LogP contribution in [0.1, 0.15) is 28.3 Å². The molecule has 0 radical (unpaired) electrons. The van der Waals surface area contributed by atoms with E-state index in [0.717, 1.165) is 26.4 Å². The van der Waals surface area contributed by atoms with Crippen LogP contribution < -0.4 is 5.32 Å². The van der Waals surface area contributed by atoms with Gasteiger partial charge in [-0.15, -0.1) is 0 Å². The minimum Gasteiger partial charge on any atom is -0.469 e. The van der Waals surface area contributed by atoms with E-state index in [1.165, 1.54) is 12.1 Å². The van der Waals surface area contributed by atoms with Crippen LogP contribution >= 0.6 is 0 Å². The summed E-state index contributed by atoms with van der Waals surface area (Å²) in [6.07, 6.45) is -0.497. The number of ether oxygens (including phenoxy) is 2. The molecule has 0 aromatic heterocycles. The Labute approximate surface area is 179 Å². The molecule has 0 unspecified atom stereocenters. The first-order valence-corrected chi connectivity index (χ1v) is 8.93. The summed E-state index contributed by atoms with van der Waals surface area (Å²) in [5.41, 5.74) is -1.24. The van der Waals surface area contributed by atoms with Crippen molar-refractivity contribution in [2.45, 2.75) is 18.4 Å². The zero-order valence-electron chi connectivity index (χ0n) is 16.8. The van der Waals surface area contributed by atoms with E-state index in [9.17, 15) is 37.7 Å². The molecule has 1 amide bonds. The molecule has 0 spiro atoms. The van der Waals surface area contributed by atoms with Crippen LogP contribution in [-0.2, 0) is 19.1 Å². The number of benzene rings is 2. The van der Waals surface area contributed by atoms with Crippen molar-refractivity contribution in [2.24, 2.45) is 0 Å². The molecule has 0 saturated heterocycles. The summed E-state index contributed by atoms with van der Waals surface area (Å²) in [6.45, 7) is 0. The molecule has 12 heteroatoms. The summed E-state index contributed by atoms with van der Waals surface area (Å²) in [7, 11) is 2.05. The van der Waals surface area contributed by atoms with Crippen molar-refractivity contribution < 1.29 is 42.0 Å². The molecule has 32 heavy (non-hydrogen) atoms. The van der Waals surface area contributed by atoms with Gasteiger partial charge in [-0.1, -0.05) is 12.1 Å². The molecule has 9 nitrogen and oxygen atoms in total. The second kappa shape index (κ2) is 10.4. The van der Waals surface area contributed by atoms with Gasteiger partial charge >= 0.3 is 11.9 Å². The molecule has 0 aliphatic heterocycles. The van der Waals surface area contributed by atoms with E-state index >= 15 is 0 Å². The topological polar surface area (TPSA) is 125 Å². The highest BCUT2D eigenvalue weighted by Crippen LogP contribution is 2.28. The Balaban J connectivity index is 2.49. The summed E-state index contributed by atoms with van der Waals surface area (Å²) < 4.78 is 50.4. The maximum absolute atomic E-state index is 14.0. The van der Waals surface area contributed by atoms with Crippen LogP contribution in [0.2, 0.25) is 0 Å². The van der Waals surface area contributed by atoms with E-state index in [1.54, 1.807) is 0 Å². The van der Waals surface area contributed by atoms with Crippen molar-refractivity contribution in [1.82, 2.24) is 5.32 Å². The van der Waals surface area contributed by atoms with Crippen molar-refractivity contribution in [1.29, 1.82) is 0 Å². The fourth-order valence-electron chi connectivity index (χ4n) is 2.96. The van der Waals surface area contributed by atoms with Crippen LogP contribution in [0.3, 0.4) is 0 Å². The molecule has 0 saturated carbocycles. The van der Waals surface area contributed by atoms with Gasteiger partial charge in [-0.05, 0) is 5.56 Å². The number of hydrogen-bond acceptors (Lipinski definition) is 7. The van der Waals surface area contributed by atoms with E-state index in [2.05, 4.69) is 14.8 Å². The van der Waals surface area contributed by atoms with Crippen LogP contribution in [0.15, 0.2) is 36.4 Å². The molecule has 0 fully saturated rings. The monoisotopic (exact) mass is 454 g/mol. The van der Waals surface area contributed by atoms with Gasteiger partial charge < -0.3 is 14.8 Å². The average molecular weight is 454 g/mol. The predicted molar refractivity (Wildman–Crippen MR) is 102 cm³/mol. The molecule has 170 valence electrons. The number of non-ortho nitro benzene ring substituents is 1. The Morgan fingerprint density at radius 2 is 1.59 bits per heavy atom. The van der Waals surface area contributed by atoms with Crippen molar-refractivity contribution in [2.75, 3.05) is 14.2 Å². The zero-order valence-corrected chi connectivity index (χ0v) is 16.8. The summed E-state index contributed by atoms with van der Waals surface area (Å²) in [6, 6.07) is 3.61. The highest BCUT2D eigenvalue weighted by Gasteiger charge is 2.35. The number of hydrogen-bond donors (Lipinski definition) is 1. The number of rotatable bonds is 8. The van der Waals surface area contributed by atoms with Crippen LogP contribution in [0.25, 0.3) is 0 Å². The van der Waals surface area contributed by atoms with Gasteiger partial charge in [-0.25, -0.2) is 18.0 Å². The van der Waals surface area contributed by atoms with Crippen LogP contribution in [0, 0.1) is 27.6 Å². The quantitative estimate of drug-likeness (QED) is 0.369. The zero-order chi connectivity index (χ0) is 24.0. The minimum atomic E-state index is -1.66. The van der Waals surface area contributed by atoms with E-state index in [-0.39, 0.29) is 23.4 Å². The first-order chi connectivity index (χ1) is 15.1. The molecular weight excluding hydrogens is 437 g/mol. The largest absolute Gasteiger partial charge is 0.469 e. The lowest BCUT2D eigenvalue weighted by atomic mass is 9.88. The third-order valence-electron chi connectivity index (χ3n) is 4.52. The molecule has 0 heterocycles.